The highest BCUT2D eigenvalue weighted by molar-refractivity contribution is 6.12. The van der Waals surface area contributed by atoms with E-state index in [1.54, 1.807) is 27.6 Å². The maximum Gasteiger partial charge on any atom is 0.419 e. The van der Waals surface area contributed by atoms with E-state index in [2.05, 4.69) is 12.0 Å². The fourth-order valence-electron chi connectivity index (χ4n) is 4.19. The summed E-state index contributed by atoms with van der Waals surface area (Å²) in [5, 5.41) is 4.44. The van der Waals surface area contributed by atoms with Gasteiger partial charge in [-0.3, -0.25) is 9.36 Å². The number of rotatable bonds is 10. The first kappa shape index (κ1) is 23.5. The molecule has 34 heavy (non-hydrogen) atoms. The predicted octanol–water partition coefficient (Wildman–Crippen LogP) is 5.68. The maximum absolute atomic E-state index is 13.7. The lowest BCUT2D eigenvalue weighted by Gasteiger charge is -2.14. The van der Waals surface area contributed by atoms with Gasteiger partial charge in [-0.2, -0.15) is 5.10 Å². The number of fused-ring (bicyclic) bond motifs is 1. The summed E-state index contributed by atoms with van der Waals surface area (Å²) >= 11 is 0. The van der Waals surface area contributed by atoms with Gasteiger partial charge in [-0.15, -0.1) is 0 Å². The SMILES string of the molecule is CCCCCn1c(=O)oc2ccc(C(=O)c3cnn(C(C)C)c3OCc3ccccc3)c(C)c21. The normalized spacial score (nSPS) is 11.4. The number of aryl methyl sites for hydroxylation is 2. The highest BCUT2D eigenvalue weighted by Gasteiger charge is 2.25. The van der Waals surface area contributed by atoms with Crippen molar-refractivity contribution in [2.75, 3.05) is 0 Å². The van der Waals surface area contributed by atoms with E-state index < -0.39 is 5.76 Å². The standard InChI is InChI=1S/C27H31N3O4/c1-5-6-10-15-29-24-19(4)21(13-14-23(24)34-27(29)32)25(31)22-16-28-30(18(2)3)26(22)33-17-20-11-8-7-9-12-20/h7-9,11-14,16,18H,5-6,10,15,17H2,1-4H3. The molecule has 0 aliphatic heterocycles. The average Bonchev–Trinajstić information content (AvgIpc) is 3.40. The molecule has 2 heterocycles. The molecule has 4 aromatic rings. The van der Waals surface area contributed by atoms with Crippen LogP contribution in [0.5, 0.6) is 5.88 Å². The van der Waals surface area contributed by atoms with Crippen molar-refractivity contribution in [3.8, 4) is 5.88 Å². The fourth-order valence-corrected chi connectivity index (χ4v) is 4.19. The van der Waals surface area contributed by atoms with Gasteiger partial charge in [-0.05, 0) is 50.5 Å². The molecule has 2 aromatic heterocycles. The third-order valence-electron chi connectivity index (χ3n) is 6.01. The van der Waals surface area contributed by atoms with Crippen molar-refractivity contribution in [3.63, 3.8) is 0 Å². The molecule has 7 heteroatoms. The topological polar surface area (TPSA) is 79.3 Å². The van der Waals surface area contributed by atoms with Crippen molar-refractivity contribution in [2.45, 2.75) is 66.2 Å². The summed E-state index contributed by atoms with van der Waals surface area (Å²) in [4.78, 5) is 26.2. The Morgan fingerprint density at radius 2 is 1.85 bits per heavy atom. The smallest absolute Gasteiger partial charge is 0.419 e. The van der Waals surface area contributed by atoms with Crippen LogP contribution in [-0.4, -0.2) is 20.1 Å². The minimum absolute atomic E-state index is 0.0218. The van der Waals surface area contributed by atoms with Crippen molar-refractivity contribution in [1.29, 1.82) is 0 Å². The van der Waals surface area contributed by atoms with E-state index in [0.29, 0.717) is 41.3 Å². The van der Waals surface area contributed by atoms with Crippen LogP contribution in [-0.2, 0) is 13.2 Å². The molecule has 0 atom stereocenters. The molecule has 0 amide bonds. The lowest BCUT2D eigenvalue weighted by molar-refractivity contribution is 0.103. The molecule has 0 bridgehead atoms. The van der Waals surface area contributed by atoms with Crippen LogP contribution in [0.3, 0.4) is 0 Å². The largest absolute Gasteiger partial charge is 0.472 e. The quantitative estimate of drug-likeness (QED) is 0.224. The Hall–Kier alpha value is -3.61. The molecule has 0 radical (unpaired) electrons. The Morgan fingerprint density at radius 3 is 2.56 bits per heavy atom. The zero-order valence-corrected chi connectivity index (χ0v) is 20.2. The number of carbonyl (C=O) groups is 1. The van der Waals surface area contributed by atoms with Crippen molar-refractivity contribution in [1.82, 2.24) is 14.3 Å². The number of ketones is 1. The van der Waals surface area contributed by atoms with Crippen LogP contribution in [0.25, 0.3) is 11.1 Å². The third-order valence-corrected chi connectivity index (χ3v) is 6.01. The number of carbonyl (C=O) groups excluding carboxylic acids is 1. The number of hydrogen-bond acceptors (Lipinski definition) is 5. The van der Waals surface area contributed by atoms with Gasteiger partial charge < -0.3 is 9.15 Å². The first-order valence-electron chi connectivity index (χ1n) is 11.8. The molecule has 0 aliphatic rings. The number of ether oxygens (including phenoxy) is 1. The van der Waals surface area contributed by atoms with Gasteiger partial charge in [0.15, 0.2) is 11.4 Å². The Kier molecular flexibility index (Phi) is 7.01. The first-order chi connectivity index (χ1) is 16.4. The highest BCUT2D eigenvalue weighted by Crippen LogP contribution is 2.29. The predicted molar refractivity (Wildman–Crippen MR) is 132 cm³/mol. The van der Waals surface area contributed by atoms with Gasteiger partial charge in [-0.1, -0.05) is 50.1 Å². The van der Waals surface area contributed by atoms with E-state index in [-0.39, 0.29) is 11.8 Å². The summed E-state index contributed by atoms with van der Waals surface area (Å²) in [7, 11) is 0. The minimum Gasteiger partial charge on any atom is -0.472 e. The van der Waals surface area contributed by atoms with Crippen LogP contribution in [0.4, 0.5) is 0 Å². The van der Waals surface area contributed by atoms with Crippen molar-refractivity contribution < 1.29 is 13.9 Å². The van der Waals surface area contributed by atoms with Crippen LogP contribution < -0.4 is 10.5 Å². The van der Waals surface area contributed by atoms with E-state index in [1.165, 1.54) is 0 Å². The zero-order chi connectivity index (χ0) is 24.2. The van der Waals surface area contributed by atoms with Gasteiger partial charge in [0.1, 0.15) is 12.2 Å². The summed E-state index contributed by atoms with van der Waals surface area (Å²) in [6, 6.07) is 13.2. The Balaban J connectivity index is 1.72. The molecule has 7 nitrogen and oxygen atoms in total. The molecule has 0 N–H and O–H groups in total. The highest BCUT2D eigenvalue weighted by atomic mass is 16.5. The summed E-state index contributed by atoms with van der Waals surface area (Å²) < 4.78 is 14.9. The van der Waals surface area contributed by atoms with Gasteiger partial charge in [0.05, 0.1) is 17.8 Å². The molecule has 0 unspecified atom stereocenters. The number of oxazole rings is 1. The van der Waals surface area contributed by atoms with E-state index in [9.17, 15) is 9.59 Å². The molecule has 0 fully saturated rings. The van der Waals surface area contributed by atoms with Crippen LogP contribution in [0.2, 0.25) is 0 Å². The summed E-state index contributed by atoms with van der Waals surface area (Å²) in [6.07, 6.45) is 4.52. The summed E-state index contributed by atoms with van der Waals surface area (Å²) in [5.74, 6) is -0.141. The first-order valence-corrected chi connectivity index (χ1v) is 11.8. The monoisotopic (exact) mass is 461 g/mol. The molecule has 0 aliphatic carbocycles. The van der Waals surface area contributed by atoms with Gasteiger partial charge >= 0.3 is 5.76 Å². The summed E-state index contributed by atoms with van der Waals surface area (Å²) in [6.45, 7) is 8.86. The average molecular weight is 462 g/mol. The lowest BCUT2D eigenvalue weighted by Crippen LogP contribution is -2.15. The van der Waals surface area contributed by atoms with Crippen LogP contribution in [0, 0.1) is 6.92 Å². The molecule has 0 spiro atoms. The zero-order valence-electron chi connectivity index (χ0n) is 20.2. The Bertz CT molecular complexity index is 1350. The van der Waals surface area contributed by atoms with E-state index >= 15 is 0 Å². The second-order valence-electron chi connectivity index (χ2n) is 8.82. The molecule has 2 aromatic carbocycles. The van der Waals surface area contributed by atoms with Gasteiger partial charge in [0, 0.05) is 12.1 Å². The Morgan fingerprint density at radius 1 is 1.09 bits per heavy atom. The van der Waals surface area contributed by atoms with Crippen LogP contribution in [0.1, 0.15) is 73.1 Å². The van der Waals surface area contributed by atoms with Crippen LogP contribution >= 0.6 is 0 Å². The van der Waals surface area contributed by atoms with Crippen molar-refractivity contribution in [2.24, 2.45) is 0 Å². The Labute approximate surface area is 199 Å². The van der Waals surface area contributed by atoms with Gasteiger partial charge in [0.25, 0.3) is 0 Å². The number of benzene rings is 2. The van der Waals surface area contributed by atoms with E-state index in [4.69, 9.17) is 9.15 Å². The van der Waals surface area contributed by atoms with E-state index in [1.807, 2.05) is 51.1 Å². The molecule has 0 saturated carbocycles. The van der Waals surface area contributed by atoms with Crippen LogP contribution in [0.15, 0.2) is 57.9 Å². The molecular formula is C27H31N3O4. The second-order valence-corrected chi connectivity index (χ2v) is 8.82. The third kappa shape index (κ3) is 4.55. The maximum atomic E-state index is 13.7. The fraction of sp³-hybridized carbons (Fsp3) is 0.370. The van der Waals surface area contributed by atoms with E-state index in [0.717, 1.165) is 30.4 Å². The lowest BCUT2D eigenvalue weighted by atomic mass is 9.99. The number of nitrogens with zero attached hydrogens (tertiary/aromatic N) is 3. The second kappa shape index (κ2) is 10.1. The van der Waals surface area contributed by atoms with Crippen molar-refractivity contribution in [3.05, 3.63) is 81.5 Å². The van der Waals surface area contributed by atoms with Crippen molar-refractivity contribution >= 4 is 16.9 Å². The minimum atomic E-state index is -0.390. The number of hydrogen-bond donors (Lipinski definition) is 0. The number of aromatic nitrogens is 3. The van der Waals surface area contributed by atoms with Gasteiger partial charge in [0.2, 0.25) is 5.88 Å². The van der Waals surface area contributed by atoms with Gasteiger partial charge in [-0.25, -0.2) is 9.48 Å². The summed E-state index contributed by atoms with van der Waals surface area (Å²) in [5.41, 5.74) is 3.80. The molecule has 0 saturated heterocycles. The molecule has 178 valence electrons. The molecular weight excluding hydrogens is 430 g/mol. The molecule has 4 rings (SSSR count). The number of unbranched alkanes of at least 4 members (excludes halogenated alkanes) is 2.